The van der Waals surface area contributed by atoms with E-state index in [0.717, 1.165) is 30.8 Å². The van der Waals surface area contributed by atoms with Gasteiger partial charge in [-0.3, -0.25) is 19.9 Å². The van der Waals surface area contributed by atoms with E-state index in [4.69, 9.17) is 10.5 Å². The summed E-state index contributed by atoms with van der Waals surface area (Å²) in [6, 6.07) is 1.59. The zero-order valence-electron chi connectivity index (χ0n) is 18.5. The molecular formula is C21H32N6O3S. The Hall–Kier alpha value is -2.43. The highest BCUT2D eigenvalue weighted by Gasteiger charge is 2.25. The second kappa shape index (κ2) is 10.7. The third kappa shape index (κ3) is 6.28. The van der Waals surface area contributed by atoms with Crippen molar-refractivity contribution in [1.82, 2.24) is 24.9 Å². The Morgan fingerprint density at radius 3 is 2.74 bits per heavy atom. The molecule has 1 fully saturated rings. The lowest BCUT2D eigenvalue weighted by atomic mass is 10.1. The summed E-state index contributed by atoms with van der Waals surface area (Å²) in [5.41, 5.74) is 11.6. The van der Waals surface area contributed by atoms with E-state index in [9.17, 15) is 9.59 Å². The van der Waals surface area contributed by atoms with E-state index >= 15 is 0 Å². The SMILES string of the molecule is CC(C)CCc1scnc1C(=O)N(CCN1CCOCC1)NC(=O)c1cc(N)cn1C. The molecule has 1 aliphatic rings. The van der Waals surface area contributed by atoms with Gasteiger partial charge in [0, 0.05) is 37.8 Å². The number of carbonyl (C=O) groups is 2. The van der Waals surface area contributed by atoms with Crippen LogP contribution in [-0.4, -0.2) is 70.7 Å². The lowest BCUT2D eigenvalue weighted by molar-refractivity contribution is 0.0278. The molecule has 0 aromatic carbocycles. The second-order valence-corrected chi connectivity index (χ2v) is 9.12. The predicted molar refractivity (Wildman–Crippen MR) is 121 cm³/mol. The van der Waals surface area contributed by atoms with E-state index in [-0.39, 0.29) is 11.8 Å². The van der Waals surface area contributed by atoms with Gasteiger partial charge in [0.15, 0.2) is 0 Å². The lowest BCUT2D eigenvalue weighted by Gasteiger charge is -2.30. The van der Waals surface area contributed by atoms with E-state index in [1.165, 1.54) is 16.3 Å². The van der Waals surface area contributed by atoms with Gasteiger partial charge in [0.05, 0.1) is 31.0 Å². The number of aryl methyl sites for hydroxylation is 2. The quantitative estimate of drug-likeness (QED) is 0.596. The maximum absolute atomic E-state index is 13.4. The van der Waals surface area contributed by atoms with Crippen LogP contribution in [0.25, 0.3) is 0 Å². The van der Waals surface area contributed by atoms with Crippen LogP contribution in [0.4, 0.5) is 5.69 Å². The normalized spacial score (nSPS) is 14.7. The molecule has 1 saturated heterocycles. The van der Waals surface area contributed by atoms with Crippen molar-refractivity contribution in [3.63, 3.8) is 0 Å². The number of aromatic nitrogens is 2. The van der Waals surface area contributed by atoms with Crippen molar-refractivity contribution < 1.29 is 14.3 Å². The van der Waals surface area contributed by atoms with Gasteiger partial charge in [-0.15, -0.1) is 11.3 Å². The second-order valence-electron chi connectivity index (χ2n) is 8.18. The van der Waals surface area contributed by atoms with Crippen LogP contribution < -0.4 is 11.2 Å². The zero-order chi connectivity index (χ0) is 22.4. The number of hydrogen-bond donors (Lipinski definition) is 2. The maximum Gasteiger partial charge on any atom is 0.292 e. The number of amides is 2. The third-order valence-corrected chi connectivity index (χ3v) is 6.17. The summed E-state index contributed by atoms with van der Waals surface area (Å²) in [6.07, 6.45) is 3.44. The standard InChI is InChI=1S/C21H32N6O3S/c1-15(2)4-5-18-19(23-14-31-18)21(29)27(7-6-26-8-10-30-11-9-26)24-20(28)17-12-16(22)13-25(17)3/h12-15H,4-11,22H2,1-3H3,(H,24,28). The van der Waals surface area contributed by atoms with Crippen LogP contribution >= 0.6 is 11.3 Å². The van der Waals surface area contributed by atoms with Gasteiger partial charge in [-0.1, -0.05) is 13.8 Å². The van der Waals surface area contributed by atoms with Gasteiger partial charge in [-0.2, -0.15) is 0 Å². The molecule has 2 aromatic rings. The number of hydrogen-bond acceptors (Lipinski definition) is 7. The third-order valence-electron chi connectivity index (χ3n) is 5.28. The van der Waals surface area contributed by atoms with Crippen LogP contribution in [-0.2, 0) is 18.2 Å². The molecule has 2 amide bonds. The maximum atomic E-state index is 13.4. The van der Waals surface area contributed by atoms with Gasteiger partial charge < -0.3 is 15.0 Å². The van der Waals surface area contributed by atoms with Crippen LogP contribution in [0.3, 0.4) is 0 Å². The Kier molecular flexibility index (Phi) is 8.05. The Bertz CT molecular complexity index is 888. The Labute approximate surface area is 187 Å². The Morgan fingerprint density at radius 2 is 2.10 bits per heavy atom. The predicted octanol–water partition coefficient (Wildman–Crippen LogP) is 1.77. The number of hydrazine groups is 1. The van der Waals surface area contributed by atoms with Crippen molar-refractivity contribution in [2.75, 3.05) is 45.1 Å². The number of rotatable bonds is 8. The van der Waals surface area contributed by atoms with E-state index in [0.29, 0.717) is 49.3 Å². The van der Waals surface area contributed by atoms with E-state index in [1.54, 1.807) is 29.4 Å². The largest absolute Gasteiger partial charge is 0.397 e. The zero-order valence-corrected chi connectivity index (χ0v) is 19.3. The van der Waals surface area contributed by atoms with Crippen molar-refractivity contribution in [2.45, 2.75) is 26.7 Å². The van der Waals surface area contributed by atoms with Gasteiger partial charge in [0.2, 0.25) is 0 Å². The number of nitrogens with two attached hydrogens (primary N) is 1. The van der Waals surface area contributed by atoms with Crippen molar-refractivity contribution in [3.05, 3.63) is 34.0 Å². The van der Waals surface area contributed by atoms with E-state index in [2.05, 4.69) is 29.2 Å². The van der Waals surface area contributed by atoms with Crippen LogP contribution in [0, 0.1) is 5.92 Å². The summed E-state index contributed by atoms with van der Waals surface area (Å²) in [5.74, 6) is -0.137. The molecule has 2 aromatic heterocycles. The molecule has 0 bridgehead atoms. The molecule has 3 heterocycles. The smallest absolute Gasteiger partial charge is 0.292 e. The number of anilines is 1. The molecule has 0 atom stereocenters. The van der Waals surface area contributed by atoms with Crippen molar-refractivity contribution in [2.24, 2.45) is 13.0 Å². The molecule has 9 nitrogen and oxygen atoms in total. The number of carbonyl (C=O) groups excluding carboxylic acids is 2. The van der Waals surface area contributed by atoms with Gasteiger partial charge in [-0.05, 0) is 24.8 Å². The summed E-state index contributed by atoms with van der Waals surface area (Å²) in [7, 11) is 1.75. The summed E-state index contributed by atoms with van der Waals surface area (Å²) in [5, 5.41) is 1.38. The minimum Gasteiger partial charge on any atom is -0.397 e. The van der Waals surface area contributed by atoms with Crippen LogP contribution in [0.1, 0.15) is 46.1 Å². The first-order chi connectivity index (χ1) is 14.8. The van der Waals surface area contributed by atoms with Crippen molar-refractivity contribution in [1.29, 1.82) is 0 Å². The number of nitrogens with zero attached hydrogens (tertiary/aromatic N) is 4. The molecule has 1 aliphatic heterocycles. The molecule has 0 radical (unpaired) electrons. The van der Waals surface area contributed by atoms with E-state index in [1.807, 2.05) is 0 Å². The van der Waals surface area contributed by atoms with Crippen LogP contribution in [0.5, 0.6) is 0 Å². The molecule has 3 N–H and O–H groups in total. The Morgan fingerprint density at radius 1 is 1.35 bits per heavy atom. The van der Waals surface area contributed by atoms with Crippen LogP contribution in [0.15, 0.2) is 17.8 Å². The summed E-state index contributed by atoms with van der Waals surface area (Å²) < 4.78 is 7.04. The fourth-order valence-electron chi connectivity index (χ4n) is 3.44. The first-order valence-electron chi connectivity index (χ1n) is 10.6. The molecule has 0 saturated carbocycles. The number of ether oxygens (including phenoxy) is 1. The topological polar surface area (TPSA) is 106 Å². The summed E-state index contributed by atoms with van der Waals surface area (Å²) >= 11 is 1.49. The number of nitrogen functional groups attached to an aromatic ring is 1. The van der Waals surface area contributed by atoms with Crippen molar-refractivity contribution in [3.8, 4) is 0 Å². The highest BCUT2D eigenvalue weighted by molar-refractivity contribution is 7.09. The van der Waals surface area contributed by atoms with E-state index < -0.39 is 0 Å². The molecule has 10 heteroatoms. The Balaban J connectivity index is 1.76. The summed E-state index contributed by atoms with van der Waals surface area (Å²) in [4.78, 5) is 33.8. The number of morpholine rings is 1. The highest BCUT2D eigenvalue weighted by atomic mass is 32.1. The number of thiazole rings is 1. The van der Waals surface area contributed by atoms with Crippen LogP contribution in [0.2, 0.25) is 0 Å². The molecule has 170 valence electrons. The number of nitrogens with one attached hydrogen (secondary N) is 1. The molecule has 0 spiro atoms. The minimum atomic E-state index is -0.381. The molecule has 0 unspecified atom stereocenters. The molecule has 0 aliphatic carbocycles. The average Bonchev–Trinajstić information content (AvgIpc) is 3.35. The lowest BCUT2D eigenvalue weighted by Crippen LogP contribution is -2.51. The average molecular weight is 449 g/mol. The highest BCUT2D eigenvalue weighted by Crippen LogP contribution is 2.19. The fourth-order valence-corrected chi connectivity index (χ4v) is 4.21. The van der Waals surface area contributed by atoms with Crippen molar-refractivity contribution >= 4 is 28.8 Å². The minimum absolute atomic E-state index is 0.288. The molecular weight excluding hydrogens is 416 g/mol. The fraction of sp³-hybridized carbons (Fsp3) is 0.571. The first-order valence-corrected chi connectivity index (χ1v) is 11.5. The van der Waals surface area contributed by atoms with Gasteiger partial charge in [-0.25, -0.2) is 9.99 Å². The molecule has 31 heavy (non-hydrogen) atoms. The van der Waals surface area contributed by atoms with Gasteiger partial charge in [0.25, 0.3) is 11.8 Å². The monoisotopic (exact) mass is 448 g/mol. The van der Waals surface area contributed by atoms with Gasteiger partial charge >= 0.3 is 0 Å². The molecule has 3 rings (SSSR count). The summed E-state index contributed by atoms with van der Waals surface area (Å²) in [6.45, 7) is 8.26. The van der Waals surface area contributed by atoms with Gasteiger partial charge in [0.1, 0.15) is 11.4 Å². The first kappa shape index (κ1) is 23.2.